The number of rotatable bonds is 6. The number of ether oxygens (including phenoxy) is 1. The lowest BCUT2D eigenvalue weighted by atomic mass is 10.2. The zero-order valence-corrected chi connectivity index (χ0v) is 14.9. The van der Waals surface area contributed by atoms with E-state index in [-0.39, 0.29) is 5.78 Å². The number of aromatic nitrogens is 3. The molecule has 1 aromatic carbocycles. The van der Waals surface area contributed by atoms with Gasteiger partial charge in [0.05, 0.1) is 24.7 Å². The fourth-order valence-electron chi connectivity index (χ4n) is 2.49. The molecule has 0 atom stereocenters. The van der Waals surface area contributed by atoms with Crippen LogP contribution in [0.3, 0.4) is 0 Å². The van der Waals surface area contributed by atoms with Crippen molar-refractivity contribution < 1.29 is 9.53 Å². The van der Waals surface area contributed by atoms with Crippen molar-refractivity contribution in [2.75, 3.05) is 37.0 Å². The van der Waals surface area contributed by atoms with Crippen LogP contribution < -0.4 is 4.90 Å². The van der Waals surface area contributed by atoms with Gasteiger partial charge in [0.1, 0.15) is 5.78 Å². The molecule has 1 aliphatic heterocycles. The lowest BCUT2D eigenvalue weighted by Gasteiger charge is -2.27. The molecule has 0 bridgehead atoms. The largest absolute Gasteiger partial charge is 0.378 e. The number of hydrogen-bond acceptors (Lipinski definition) is 6. The zero-order chi connectivity index (χ0) is 16.9. The Kier molecular flexibility index (Phi) is 5.52. The van der Waals surface area contributed by atoms with E-state index in [0.29, 0.717) is 25.4 Å². The van der Waals surface area contributed by atoms with Crippen LogP contribution in [0.1, 0.15) is 18.9 Å². The Bertz CT molecular complexity index is 693. The third-order valence-corrected chi connectivity index (χ3v) is 4.95. The number of thioether (sulfide) groups is 1. The zero-order valence-electron chi connectivity index (χ0n) is 14.1. The van der Waals surface area contributed by atoms with Crippen molar-refractivity contribution in [2.45, 2.75) is 25.4 Å². The number of ketones is 1. The van der Waals surface area contributed by atoms with Crippen LogP contribution in [0.25, 0.3) is 5.69 Å². The molecule has 1 fully saturated rings. The van der Waals surface area contributed by atoms with Crippen molar-refractivity contribution in [1.82, 2.24) is 14.8 Å². The first-order valence-electron chi connectivity index (χ1n) is 8.18. The summed E-state index contributed by atoms with van der Waals surface area (Å²) in [6.07, 6.45) is 0.544. The number of morpholine rings is 1. The monoisotopic (exact) mass is 346 g/mol. The van der Waals surface area contributed by atoms with Crippen LogP contribution >= 0.6 is 11.8 Å². The molecule has 6 nitrogen and oxygen atoms in total. The molecule has 24 heavy (non-hydrogen) atoms. The Hall–Kier alpha value is -1.86. The van der Waals surface area contributed by atoms with Gasteiger partial charge in [-0.05, 0) is 19.1 Å². The number of aryl methyl sites for hydroxylation is 1. The molecule has 3 rings (SSSR count). The summed E-state index contributed by atoms with van der Waals surface area (Å²) >= 11 is 1.45. The van der Waals surface area contributed by atoms with Crippen molar-refractivity contribution in [1.29, 1.82) is 0 Å². The van der Waals surface area contributed by atoms with Gasteiger partial charge in [-0.25, -0.2) is 0 Å². The van der Waals surface area contributed by atoms with Gasteiger partial charge < -0.3 is 9.64 Å². The molecule has 0 aliphatic carbocycles. The third kappa shape index (κ3) is 3.79. The maximum absolute atomic E-state index is 11.7. The highest BCUT2D eigenvalue weighted by molar-refractivity contribution is 7.99. The topological polar surface area (TPSA) is 60.3 Å². The number of hydrogen-bond donors (Lipinski definition) is 0. The van der Waals surface area contributed by atoms with E-state index in [1.165, 1.54) is 17.3 Å². The highest BCUT2D eigenvalue weighted by Crippen LogP contribution is 2.27. The van der Waals surface area contributed by atoms with Crippen molar-refractivity contribution in [3.8, 4) is 5.69 Å². The first kappa shape index (κ1) is 17.0. The van der Waals surface area contributed by atoms with Gasteiger partial charge in [0.15, 0.2) is 5.16 Å². The summed E-state index contributed by atoms with van der Waals surface area (Å²) in [5.74, 6) is 1.45. The average Bonchev–Trinajstić information content (AvgIpc) is 3.05. The van der Waals surface area contributed by atoms with E-state index >= 15 is 0 Å². The Morgan fingerprint density at radius 2 is 1.92 bits per heavy atom. The van der Waals surface area contributed by atoms with Crippen LogP contribution in [-0.4, -0.2) is 52.6 Å². The third-order valence-electron chi connectivity index (χ3n) is 3.96. The summed E-state index contributed by atoms with van der Waals surface area (Å²) in [6.45, 7) is 6.92. The molecule has 1 aliphatic rings. The van der Waals surface area contributed by atoms with E-state index in [9.17, 15) is 4.79 Å². The van der Waals surface area contributed by atoms with Gasteiger partial charge in [-0.3, -0.25) is 9.36 Å². The number of Topliss-reactive ketones (excluding diaryl/α,β-unsaturated/α-hetero) is 1. The van der Waals surface area contributed by atoms with Crippen LogP contribution in [0.4, 0.5) is 5.95 Å². The minimum Gasteiger partial charge on any atom is -0.378 e. The van der Waals surface area contributed by atoms with E-state index in [4.69, 9.17) is 4.74 Å². The average molecular weight is 346 g/mol. The molecule has 1 aromatic heterocycles. The summed E-state index contributed by atoms with van der Waals surface area (Å²) in [4.78, 5) is 13.9. The Balaban J connectivity index is 1.94. The molecule has 0 spiro atoms. The Morgan fingerprint density at radius 3 is 2.58 bits per heavy atom. The van der Waals surface area contributed by atoms with Gasteiger partial charge >= 0.3 is 0 Å². The maximum Gasteiger partial charge on any atom is 0.232 e. The first-order valence-corrected chi connectivity index (χ1v) is 9.17. The highest BCUT2D eigenvalue weighted by atomic mass is 32.2. The molecule has 0 amide bonds. The Morgan fingerprint density at radius 1 is 1.21 bits per heavy atom. The molecular formula is C17H22N4O2S. The second-order valence-electron chi connectivity index (χ2n) is 5.73. The standard InChI is InChI=1S/C17H22N4O2S/c1-3-15(22)12-24-17-19-18-16(20-8-10-23-11-9-20)21(17)14-6-4-13(2)5-7-14/h4-7H,3,8-12H2,1-2H3. The van der Waals surface area contributed by atoms with Crippen molar-refractivity contribution in [3.63, 3.8) is 0 Å². The highest BCUT2D eigenvalue weighted by Gasteiger charge is 2.22. The van der Waals surface area contributed by atoms with E-state index in [0.717, 1.165) is 29.9 Å². The minimum atomic E-state index is 0.214. The fourth-order valence-corrected chi connectivity index (χ4v) is 3.40. The predicted molar refractivity (Wildman–Crippen MR) is 95.2 cm³/mol. The summed E-state index contributed by atoms with van der Waals surface area (Å²) in [6, 6.07) is 8.27. The molecule has 0 unspecified atom stereocenters. The lowest BCUT2D eigenvalue weighted by Crippen LogP contribution is -2.37. The minimum absolute atomic E-state index is 0.214. The number of anilines is 1. The molecule has 2 heterocycles. The number of benzene rings is 1. The van der Waals surface area contributed by atoms with Gasteiger partial charge in [-0.2, -0.15) is 0 Å². The van der Waals surface area contributed by atoms with Crippen LogP contribution in [-0.2, 0) is 9.53 Å². The summed E-state index contributed by atoms with van der Waals surface area (Å²) in [5, 5.41) is 9.48. The molecule has 7 heteroatoms. The van der Waals surface area contributed by atoms with Gasteiger partial charge in [0.2, 0.25) is 5.95 Å². The normalized spacial score (nSPS) is 14.8. The lowest BCUT2D eigenvalue weighted by molar-refractivity contribution is -0.116. The van der Waals surface area contributed by atoms with Crippen molar-refractivity contribution in [3.05, 3.63) is 29.8 Å². The Labute approximate surface area is 146 Å². The molecule has 0 N–H and O–H groups in total. The quantitative estimate of drug-likeness (QED) is 0.749. The van der Waals surface area contributed by atoms with Gasteiger partial charge in [0.25, 0.3) is 0 Å². The van der Waals surface area contributed by atoms with Gasteiger partial charge in [0, 0.05) is 19.5 Å². The summed E-state index contributed by atoms with van der Waals surface area (Å²) < 4.78 is 7.47. The van der Waals surface area contributed by atoms with E-state index in [2.05, 4.69) is 46.3 Å². The van der Waals surface area contributed by atoms with Crippen molar-refractivity contribution in [2.24, 2.45) is 0 Å². The van der Waals surface area contributed by atoms with Gasteiger partial charge in [-0.1, -0.05) is 36.4 Å². The SMILES string of the molecule is CCC(=O)CSc1nnc(N2CCOCC2)n1-c1ccc(C)cc1. The number of nitrogens with zero attached hydrogens (tertiary/aromatic N) is 4. The van der Waals surface area contributed by atoms with Crippen LogP contribution in [0.2, 0.25) is 0 Å². The summed E-state index contributed by atoms with van der Waals surface area (Å²) in [7, 11) is 0. The number of carbonyl (C=O) groups excluding carboxylic acids is 1. The van der Waals surface area contributed by atoms with E-state index in [1.54, 1.807) is 0 Å². The molecule has 128 valence electrons. The van der Waals surface area contributed by atoms with E-state index in [1.807, 2.05) is 11.5 Å². The molecular weight excluding hydrogens is 324 g/mol. The summed E-state index contributed by atoms with van der Waals surface area (Å²) in [5.41, 5.74) is 2.22. The smallest absolute Gasteiger partial charge is 0.232 e. The van der Waals surface area contributed by atoms with Crippen molar-refractivity contribution >= 4 is 23.5 Å². The van der Waals surface area contributed by atoms with Crippen LogP contribution in [0.5, 0.6) is 0 Å². The second kappa shape index (κ2) is 7.81. The second-order valence-corrected chi connectivity index (χ2v) is 6.68. The number of carbonyl (C=O) groups is 1. The van der Waals surface area contributed by atoms with Gasteiger partial charge in [-0.15, -0.1) is 10.2 Å². The predicted octanol–water partition coefficient (Wildman–Crippen LogP) is 2.48. The first-order chi connectivity index (χ1) is 11.7. The maximum atomic E-state index is 11.7. The molecule has 0 saturated carbocycles. The van der Waals surface area contributed by atoms with Crippen LogP contribution in [0, 0.1) is 6.92 Å². The van der Waals surface area contributed by atoms with E-state index < -0.39 is 0 Å². The molecule has 2 aromatic rings. The van der Waals surface area contributed by atoms with Crippen LogP contribution in [0.15, 0.2) is 29.4 Å². The molecule has 0 radical (unpaired) electrons. The molecule has 1 saturated heterocycles. The fraction of sp³-hybridized carbons (Fsp3) is 0.471.